The van der Waals surface area contributed by atoms with Crippen LogP contribution < -0.4 is 0 Å². The summed E-state index contributed by atoms with van der Waals surface area (Å²) in [7, 11) is 0. The second-order valence-corrected chi connectivity index (χ2v) is 15.5. The van der Waals surface area contributed by atoms with Gasteiger partial charge in [-0.15, -0.1) is 0 Å². The highest BCUT2D eigenvalue weighted by Crippen LogP contribution is 2.28. The van der Waals surface area contributed by atoms with Crippen molar-refractivity contribution in [2.24, 2.45) is 15.9 Å². The predicted molar refractivity (Wildman–Crippen MR) is 220 cm³/mol. The molecule has 284 valence electrons. The fraction of sp³-hybridized carbons (Fsp3) is 0.826. The highest BCUT2D eigenvalue weighted by atomic mass is 14.8. The molecule has 1 aliphatic rings. The summed E-state index contributed by atoms with van der Waals surface area (Å²) < 4.78 is 0. The third-order valence-corrected chi connectivity index (χ3v) is 10.9. The summed E-state index contributed by atoms with van der Waals surface area (Å²) in [4.78, 5) is 8.05. The van der Waals surface area contributed by atoms with E-state index in [1.54, 1.807) is 6.08 Å². The molecule has 1 rings (SSSR count). The number of hydrogen-bond donors (Lipinski definition) is 0. The van der Waals surface area contributed by atoms with Gasteiger partial charge in [-0.25, -0.2) is 0 Å². The van der Waals surface area contributed by atoms with Gasteiger partial charge in [-0.2, -0.15) is 20.5 Å². The first-order valence-electron chi connectivity index (χ1n) is 22.1. The fourth-order valence-electron chi connectivity index (χ4n) is 7.65. The third kappa shape index (κ3) is 28.5. The van der Waals surface area contributed by atoms with E-state index in [1.807, 2.05) is 24.5 Å². The number of hydrogen-bond acceptors (Lipinski definition) is 4. The van der Waals surface area contributed by atoms with E-state index >= 15 is 0 Å². The number of unbranched alkanes of at least 4 members (excludes halogenated alkanes) is 30. The van der Waals surface area contributed by atoms with Gasteiger partial charge in [0, 0.05) is 0 Å². The average molecular weight is 689 g/mol. The van der Waals surface area contributed by atoms with Crippen LogP contribution in [-0.2, 0) is 0 Å². The summed E-state index contributed by atoms with van der Waals surface area (Å²) in [6, 6.07) is 0. The first-order valence-corrected chi connectivity index (χ1v) is 22.1. The smallest absolute Gasteiger partial charge is 0.174 e. The predicted octanol–water partition coefficient (Wildman–Crippen LogP) is 15.6. The number of nitrogens with zero attached hydrogens (tertiary/aromatic N) is 4. The molecule has 0 aromatic heterocycles. The van der Waals surface area contributed by atoms with Crippen molar-refractivity contribution in [1.82, 2.24) is 0 Å². The molecule has 0 aromatic rings. The molecule has 0 N–H and O–H groups in total. The zero-order valence-electron chi connectivity index (χ0n) is 33.3. The number of nitriles is 2. The van der Waals surface area contributed by atoms with E-state index < -0.39 is 0 Å². The molecule has 0 atom stereocenters. The van der Waals surface area contributed by atoms with E-state index in [-0.39, 0.29) is 0 Å². The van der Waals surface area contributed by atoms with Crippen LogP contribution in [0, 0.1) is 28.8 Å². The highest BCUT2D eigenvalue weighted by molar-refractivity contribution is 6.21. The van der Waals surface area contributed by atoms with Crippen LogP contribution in [-0.4, -0.2) is 11.4 Å². The first-order chi connectivity index (χ1) is 24.7. The quantitative estimate of drug-likeness (QED) is 0.0373. The standard InChI is InChI=1S/C46H80N4/c1-3-5-7-9-11-13-15-17-19-21-23-25-27-29-31-33-35-43(39-44-40-45(49-41-47)37-38-46(44)50-42-48)36-34-32-30-28-26-24-22-20-18-16-14-12-10-8-6-4-2/h37-38,40,43H,3-36,39H2,1-2H3. The minimum Gasteiger partial charge on any atom is -0.174 e. The Morgan fingerprint density at radius 2 is 0.760 bits per heavy atom. The lowest BCUT2D eigenvalue weighted by atomic mass is 9.85. The minimum absolute atomic E-state index is 0.596. The van der Waals surface area contributed by atoms with Crippen LogP contribution in [0.5, 0.6) is 0 Å². The summed E-state index contributed by atoms with van der Waals surface area (Å²) in [6.45, 7) is 4.59. The Hall–Kier alpha value is -2.20. The van der Waals surface area contributed by atoms with Gasteiger partial charge in [0.25, 0.3) is 0 Å². The molecule has 0 amide bonds. The Labute approximate surface area is 311 Å². The van der Waals surface area contributed by atoms with Gasteiger partial charge in [0.2, 0.25) is 12.4 Å². The van der Waals surface area contributed by atoms with Gasteiger partial charge in [-0.3, -0.25) is 0 Å². The topological polar surface area (TPSA) is 72.3 Å². The second-order valence-electron chi connectivity index (χ2n) is 15.5. The van der Waals surface area contributed by atoms with Crippen LogP contribution in [0.1, 0.15) is 239 Å². The third-order valence-electron chi connectivity index (χ3n) is 10.9. The molecule has 0 fully saturated rings. The van der Waals surface area contributed by atoms with Gasteiger partial charge in [0.05, 0.1) is 11.4 Å². The highest BCUT2D eigenvalue weighted by Gasteiger charge is 2.17. The van der Waals surface area contributed by atoms with E-state index in [1.165, 1.54) is 218 Å². The summed E-state index contributed by atoms with van der Waals surface area (Å²) in [5.74, 6) is 0.596. The first kappa shape index (κ1) is 45.8. The fourth-order valence-corrected chi connectivity index (χ4v) is 7.65. The summed E-state index contributed by atoms with van der Waals surface area (Å²) in [5.41, 5.74) is 2.48. The van der Waals surface area contributed by atoms with E-state index in [4.69, 9.17) is 5.26 Å². The van der Waals surface area contributed by atoms with Gasteiger partial charge in [-0.1, -0.05) is 232 Å². The summed E-state index contributed by atoms with van der Waals surface area (Å²) in [5, 5.41) is 18.4. The molecule has 0 aliphatic heterocycles. The Morgan fingerprint density at radius 1 is 0.440 bits per heavy atom. The van der Waals surface area contributed by atoms with Crippen LogP contribution in [0.4, 0.5) is 0 Å². The van der Waals surface area contributed by atoms with Crippen molar-refractivity contribution in [2.45, 2.75) is 239 Å². The number of aliphatic imine (C=N–C) groups is 2. The van der Waals surface area contributed by atoms with Crippen molar-refractivity contribution >= 4 is 11.4 Å². The van der Waals surface area contributed by atoms with Gasteiger partial charge < -0.3 is 0 Å². The molecule has 4 nitrogen and oxygen atoms in total. The normalized spacial score (nSPS) is 14.5. The SMILES string of the molecule is CCCCCCCCCCCCCCCCCCC(CCCCCCCCCCCCCCCCCC)CC1=CC(=NC#N)C=CC1=NC#N. The molecule has 0 saturated heterocycles. The lowest BCUT2D eigenvalue weighted by Gasteiger charge is -2.20. The molecule has 0 heterocycles. The van der Waals surface area contributed by atoms with Gasteiger partial charge >= 0.3 is 0 Å². The zero-order valence-corrected chi connectivity index (χ0v) is 33.3. The van der Waals surface area contributed by atoms with Crippen LogP contribution in [0.15, 0.2) is 33.8 Å². The monoisotopic (exact) mass is 689 g/mol. The molecule has 0 spiro atoms. The maximum atomic E-state index is 9.28. The van der Waals surface area contributed by atoms with E-state index in [2.05, 4.69) is 23.8 Å². The summed E-state index contributed by atoms with van der Waals surface area (Å²) >= 11 is 0. The van der Waals surface area contributed by atoms with Crippen molar-refractivity contribution in [2.75, 3.05) is 0 Å². The maximum absolute atomic E-state index is 9.28. The van der Waals surface area contributed by atoms with Gasteiger partial charge in [0.15, 0.2) is 0 Å². The van der Waals surface area contributed by atoms with E-state index in [0.717, 1.165) is 17.7 Å². The van der Waals surface area contributed by atoms with Crippen LogP contribution in [0.3, 0.4) is 0 Å². The Kier molecular flexibility index (Phi) is 33.5. The van der Waals surface area contributed by atoms with Crippen molar-refractivity contribution < 1.29 is 0 Å². The van der Waals surface area contributed by atoms with Crippen molar-refractivity contribution in [1.29, 1.82) is 10.5 Å². The largest absolute Gasteiger partial charge is 0.206 e. The van der Waals surface area contributed by atoms with Crippen molar-refractivity contribution in [3.05, 3.63) is 23.8 Å². The number of allylic oxidation sites excluding steroid dienone is 4. The molecule has 0 bridgehead atoms. The van der Waals surface area contributed by atoms with Crippen LogP contribution in [0.25, 0.3) is 0 Å². The molecular weight excluding hydrogens is 609 g/mol. The Morgan fingerprint density at radius 3 is 1.08 bits per heavy atom. The zero-order chi connectivity index (χ0) is 36.0. The maximum Gasteiger partial charge on any atom is 0.206 e. The summed E-state index contributed by atoms with van der Waals surface area (Å²) in [6.07, 6.45) is 57.7. The average Bonchev–Trinajstić information content (AvgIpc) is 3.12. The lowest BCUT2D eigenvalue weighted by molar-refractivity contribution is 0.402. The van der Waals surface area contributed by atoms with Crippen molar-refractivity contribution in [3.8, 4) is 12.4 Å². The van der Waals surface area contributed by atoms with E-state index in [0.29, 0.717) is 11.6 Å². The molecule has 0 saturated carbocycles. The number of rotatable bonds is 36. The molecule has 50 heavy (non-hydrogen) atoms. The molecule has 0 aromatic carbocycles. The Balaban J connectivity index is 2.28. The van der Waals surface area contributed by atoms with Crippen LogP contribution in [0.2, 0.25) is 0 Å². The van der Waals surface area contributed by atoms with Crippen LogP contribution >= 0.6 is 0 Å². The van der Waals surface area contributed by atoms with Crippen molar-refractivity contribution in [3.63, 3.8) is 0 Å². The molecule has 1 aliphatic carbocycles. The molecule has 0 unspecified atom stereocenters. The molecule has 4 heteroatoms. The second kappa shape index (κ2) is 36.6. The molecule has 0 radical (unpaired) electrons. The lowest BCUT2D eigenvalue weighted by Crippen LogP contribution is -2.13. The van der Waals surface area contributed by atoms with Gasteiger partial charge in [0.1, 0.15) is 0 Å². The minimum atomic E-state index is 0.596. The van der Waals surface area contributed by atoms with Gasteiger partial charge in [-0.05, 0) is 36.1 Å². The Bertz CT molecular complexity index is 939. The van der Waals surface area contributed by atoms with E-state index in [9.17, 15) is 5.26 Å². The molecular formula is C46H80N4.